The third-order valence-corrected chi connectivity index (χ3v) is 9.36. The van der Waals surface area contributed by atoms with Crippen molar-refractivity contribution in [3.8, 4) is 0 Å². The molecule has 0 spiro atoms. The predicted octanol–water partition coefficient (Wildman–Crippen LogP) is 2.33. The monoisotopic (exact) mass is 488 g/mol. The Hall–Kier alpha value is -1.21. The van der Waals surface area contributed by atoms with Crippen molar-refractivity contribution in [2.24, 2.45) is 0 Å². The summed E-state index contributed by atoms with van der Waals surface area (Å²) >= 11 is 3.58. The number of allylic oxidation sites excluding steroid dienone is 1. The Bertz CT molecular complexity index is 705. The first-order valence-electron chi connectivity index (χ1n) is 8.55. The van der Waals surface area contributed by atoms with Gasteiger partial charge in [0.05, 0.1) is 6.16 Å². The first kappa shape index (κ1) is 21.1. The molecule has 3 aromatic rings. The molecule has 0 aliphatic carbocycles. The van der Waals surface area contributed by atoms with Gasteiger partial charge in [-0.1, -0.05) is 77.1 Å². The maximum absolute atomic E-state index is 4.40. The van der Waals surface area contributed by atoms with Crippen molar-refractivity contribution >= 4 is 39.1 Å². The van der Waals surface area contributed by atoms with E-state index in [4.69, 9.17) is 0 Å². The van der Waals surface area contributed by atoms with Crippen LogP contribution in [0.15, 0.2) is 103 Å². The lowest BCUT2D eigenvalue weighted by Gasteiger charge is -2.28. The van der Waals surface area contributed by atoms with Crippen LogP contribution >= 0.6 is 23.2 Å². The standard InChI is InChI=1S/C23H23BrP.BrH/c1-20(17-18-24)19-25(21-11-5-2-6-12-21,22-13-7-3-8-14-22)23-15-9-4-10-16-23;/h2-16H,1,17-19H2;1H/q+1;/p-1. The van der Waals surface area contributed by atoms with Crippen LogP contribution in [0.5, 0.6) is 0 Å². The average molecular weight is 490 g/mol. The van der Waals surface area contributed by atoms with Crippen LogP contribution in [0.25, 0.3) is 0 Å². The highest BCUT2D eigenvalue weighted by molar-refractivity contribution is 9.09. The molecule has 0 bridgehead atoms. The molecule has 0 saturated heterocycles. The molecular formula is C23H23Br2P. The van der Waals surface area contributed by atoms with Crippen LogP contribution in [0.4, 0.5) is 0 Å². The fourth-order valence-electron chi connectivity index (χ4n) is 3.32. The Kier molecular flexibility index (Phi) is 8.28. The normalized spacial score (nSPS) is 10.8. The lowest BCUT2D eigenvalue weighted by Crippen LogP contribution is -3.00. The summed E-state index contributed by atoms with van der Waals surface area (Å²) in [6.45, 7) is 4.40. The zero-order valence-electron chi connectivity index (χ0n) is 14.7. The van der Waals surface area contributed by atoms with Crippen molar-refractivity contribution in [3.05, 3.63) is 103 Å². The van der Waals surface area contributed by atoms with Gasteiger partial charge in [-0.2, -0.15) is 0 Å². The zero-order chi connectivity index (χ0) is 17.5. The molecule has 3 aromatic carbocycles. The highest BCUT2D eigenvalue weighted by Crippen LogP contribution is 2.56. The minimum absolute atomic E-state index is 0. The summed E-state index contributed by atoms with van der Waals surface area (Å²) in [5, 5.41) is 5.22. The topological polar surface area (TPSA) is 0 Å². The molecule has 0 aromatic heterocycles. The summed E-state index contributed by atoms with van der Waals surface area (Å²) < 4.78 is 0. The van der Waals surface area contributed by atoms with E-state index in [0.717, 1.165) is 17.9 Å². The molecule has 0 heterocycles. The van der Waals surface area contributed by atoms with Gasteiger partial charge in [-0.15, -0.1) is 0 Å². The fourth-order valence-corrected chi connectivity index (χ4v) is 8.19. The van der Waals surface area contributed by atoms with Gasteiger partial charge in [0.2, 0.25) is 0 Å². The van der Waals surface area contributed by atoms with E-state index in [1.165, 1.54) is 21.5 Å². The van der Waals surface area contributed by atoms with Crippen LogP contribution in [-0.4, -0.2) is 11.5 Å². The molecule has 0 saturated carbocycles. The molecule has 0 nitrogen and oxygen atoms in total. The largest absolute Gasteiger partial charge is 1.00 e. The van der Waals surface area contributed by atoms with E-state index in [1.807, 2.05) is 0 Å². The van der Waals surface area contributed by atoms with E-state index in [2.05, 4.69) is 114 Å². The first-order valence-corrected chi connectivity index (χ1v) is 11.6. The van der Waals surface area contributed by atoms with Gasteiger partial charge >= 0.3 is 0 Å². The van der Waals surface area contributed by atoms with Crippen LogP contribution in [-0.2, 0) is 0 Å². The van der Waals surface area contributed by atoms with Gasteiger partial charge in [-0.3, -0.25) is 0 Å². The first-order chi connectivity index (χ1) is 12.3. The third kappa shape index (κ3) is 4.55. The highest BCUT2D eigenvalue weighted by atomic mass is 79.9. The third-order valence-electron chi connectivity index (χ3n) is 4.50. The molecule has 0 N–H and O–H groups in total. The Morgan fingerprint density at radius 1 is 0.692 bits per heavy atom. The molecule has 0 aliphatic heterocycles. The Balaban J connectivity index is 0.00000243. The smallest absolute Gasteiger partial charge is 0.116 e. The van der Waals surface area contributed by atoms with Crippen molar-refractivity contribution < 1.29 is 17.0 Å². The summed E-state index contributed by atoms with van der Waals surface area (Å²) in [5.74, 6) is 0. The van der Waals surface area contributed by atoms with Crippen molar-refractivity contribution in [2.75, 3.05) is 11.5 Å². The van der Waals surface area contributed by atoms with Gasteiger partial charge in [-0.25, -0.2) is 0 Å². The second-order valence-corrected chi connectivity index (χ2v) is 10.4. The van der Waals surface area contributed by atoms with Crippen molar-refractivity contribution in [1.29, 1.82) is 0 Å². The Morgan fingerprint density at radius 2 is 1.04 bits per heavy atom. The summed E-state index contributed by atoms with van der Waals surface area (Å²) in [5.41, 5.74) is 1.31. The van der Waals surface area contributed by atoms with Gasteiger partial charge in [0, 0.05) is 5.33 Å². The molecule has 0 unspecified atom stereocenters. The minimum atomic E-state index is -1.76. The van der Waals surface area contributed by atoms with Crippen LogP contribution in [0, 0.1) is 0 Å². The minimum Gasteiger partial charge on any atom is -1.00 e. The fraction of sp³-hybridized carbons (Fsp3) is 0.130. The molecule has 3 heteroatoms. The number of hydrogen-bond donors (Lipinski definition) is 0. The number of benzene rings is 3. The van der Waals surface area contributed by atoms with Gasteiger partial charge < -0.3 is 17.0 Å². The van der Waals surface area contributed by atoms with Crippen LogP contribution < -0.4 is 32.9 Å². The van der Waals surface area contributed by atoms with E-state index >= 15 is 0 Å². The lowest BCUT2D eigenvalue weighted by atomic mass is 10.3. The molecular weight excluding hydrogens is 467 g/mol. The van der Waals surface area contributed by atoms with Crippen LogP contribution in [0.2, 0.25) is 0 Å². The quantitative estimate of drug-likeness (QED) is 0.271. The molecule has 0 atom stereocenters. The van der Waals surface area contributed by atoms with Gasteiger partial charge in [0.25, 0.3) is 0 Å². The van der Waals surface area contributed by atoms with E-state index in [1.54, 1.807) is 0 Å². The van der Waals surface area contributed by atoms with Crippen LogP contribution in [0.3, 0.4) is 0 Å². The highest BCUT2D eigenvalue weighted by Gasteiger charge is 2.45. The summed E-state index contributed by atoms with van der Waals surface area (Å²) in [7, 11) is -1.76. The number of alkyl halides is 1. The lowest BCUT2D eigenvalue weighted by molar-refractivity contribution is -0.00000480. The summed E-state index contributed by atoms with van der Waals surface area (Å²) in [4.78, 5) is 0. The van der Waals surface area contributed by atoms with Crippen LogP contribution in [0.1, 0.15) is 6.42 Å². The van der Waals surface area contributed by atoms with Gasteiger partial charge in [0.1, 0.15) is 23.2 Å². The maximum Gasteiger partial charge on any atom is 0.116 e. The Morgan fingerprint density at radius 3 is 1.35 bits per heavy atom. The van der Waals surface area contributed by atoms with E-state index in [-0.39, 0.29) is 17.0 Å². The molecule has 0 aliphatic rings. The average Bonchev–Trinajstić information content (AvgIpc) is 2.68. The molecule has 0 amide bonds. The van der Waals surface area contributed by atoms with Gasteiger partial charge in [-0.05, 0) is 48.4 Å². The SMILES string of the molecule is C=C(CCBr)C[P+](c1ccccc1)(c1ccccc1)c1ccccc1.[Br-]. The van der Waals surface area contributed by atoms with Gasteiger partial charge in [0.15, 0.2) is 0 Å². The predicted molar refractivity (Wildman–Crippen MR) is 118 cm³/mol. The van der Waals surface area contributed by atoms with Crippen molar-refractivity contribution in [2.45, 2.75) is 6.42 Å². The number of hydrogen-bond acceptors (Lipinski definition) is 0. The number of rotatable bonds is 7. The molecule has 3 rings (SSSR count). The zero-order valence-corrected chi connectivity index (χ0v) is 18.8. The maximum atomic E-state index is 4.40. The van der Waals surface area contributed by atoms with Crippen molar-refractivity contribution in [1.82, 2.24) is 0 Å². The molecule has 0 radical (unpaired) electrons. The summed E-state index contributed by atoms with van der Waals surface area (Å²) in [6, 6.07) is 33.0. The molecule has 26 heavy (non-hydrogen) atoms. The number of halogens is 2. The molecule has 0 fully saturated rings. The summed E-state index contributed by atoms with van der Waals surface area (Å²) in [6.07, 6.45) is 2.02. The van der Waals surface area contributed by atoms with E-state index < -0.39 is 7.26 Å². The Labute approximate surface area is 176 Å². The van der Waals surface area contributed by atoms with E-state index in [0.29, 0.717) is 0 Å². The van der Waals surface area contributed by atoms with Crippen molar-refractivity contribution in [3.63, 3.8) is 0 Å². The second kappa shape index (κ2) is 10.2. The molecule has 134 valence electrons. The van der Waals surface area contributed by atoms with E-state index in [9.17, 15) is 0 Å². The second-order valence-electron chi connectivity index (χ2n) is 6.16.